The van der Waals surface area contributed by atoms with Gasteiger partial charge in [0.1, 0.15) is 11.3 Å². The van der Waals surface area contributed by atoms with Crippen molar-refractivity contribution in [3.63, 3.8) is 0 Å². The van der Waals surface area contributed by atoms with Crippen LogP contribution in [0.2, 0.25) is 0 Å². The topological polar surface area (TPSA) is 37.7 Å². The van der Waals surface area contributed by atoms with Crippen LogP contribution in [0.4, 0.5) is 18.9 Å². The Hall–Kier alpha value is -3.91. The summed E-state index contributed by atoms with van der Waals surface area (Å²) in [6, 6.07) is 17.5. The summed E-state index contributed by atoms with van der Waals surface area (Å²) < 4.78 is 45.5. The van der Waals surface area contributed by atoms with Crippen LogP contribution in [0.3, 0.4) is 0 Å². The van der Waals surface area contributed by atoms with Crippen molar-refractivity contribution in [1.29, 1.82) is 0 Å². The van der Waals surface area contributed by atoms with Gasteiger partial charge in [0.2, 0.25) is 5.88 Å². The van der Waals surface area contributed by atoms with E-state index in [4.69, 9.17) is 4.74 Å². The molecule has 8 heteroatoms. The number of hydrogen-bond acceptors (Lipinski definition) is 5. The van der Waals surface area contributed by atoms with Gasteiger partial charge in [-0.15, -0.1) is 0 Å². The van der Waals surface area contributed by atoms with Gasteiger partial charge in [-0.2, -0.15) is 24.5 Å². The first-order valence-corrected chi connectivity index (χ1v) is 11.3. The molecule has 0 saturated carbocycles. The molecule has 2 aromatic carbocycles. The lowest BCUT2D eigenvalue weighted by atomic mass is 10.0. The number of alkyl halides is 3. The lowest BCUT2D eigenvalue weighted by molar-refractivity contribution is -0.138. The second-order valence-electron chi connectivity index (χ2n) is 7.62. The minimum absolute atomic E-state index is 0.222. The third-order valence-electron chi connectivity index (χ3n) is 5.42. The molecule has 0 spiro atoms. The highest BCUT2D eigenvalue weighted by Crippen LogP contribution is 2.39. The molecule has 0 bridgehead atoms. The van der Waals surface area contributed by atoms with E-state index in [9.17, 15) is 13.2 Å². The van der Waals surface area contributed by atoms with Crippen molar-refractivity contribution in [3.8, 4) is 22.8 Å². The third-order valence-corrected chi connectivity index (χ3v) is 6.11. The molecule has 0 saturated heterocycles. The Kier molecular flexibility index (Phi) is 5.67. The number of nitrogens with zero attached hydrogens (tertiary/aromatic N) is 3. The van der Waals surface area contributed by atoms with E-state index in [1.807, 2.05) is 22.4 Å². The van der Waals surface area contributed by atoms with Gasteiger partial charge >= 0.3 is 6.18 Å². The number of ether oxygens (including phenoxy) is 1. The molecule has 2 aromatic heterocycles. The lowest BCUT2D eigenvalue weighted by Crippen LogP contribution is -2.24. The summed E-state index contributed by atoms with van der Waals surface area (Å²) >= 11 is 1.64. The predicted molar refractivity (Wildman–Crippen MR) is 129 cm³/mol. The summed E-state index contributed by atoms with van der Waals surface area (Å²) in [4.78, 5) is 10.2. The SMILES string of the molecule is C=C1N=CN(Cc2ccccc2-c2ccsc2)c2ccc(Oc3ncccc3C(F)(F)F)cc21. The normalized spacial score (nSPS) is 13.1. The van der Waals surface area contributed by atoms with Crippen LogP contribution < -0.4 is 9.64 Å². The van der Waals surface area contributed by atoms with Crippen LogP contribution in [0, 0.1) is 0 Å². The molecule has 5 rings (SSSR count). The maximum Gasteiger partial charge on any atom is 0.421 e. The second-order valence-corrected chi connectivity index (χ2v) is 8.40. The zero-order valence-electron chi connectivity index (χ0n) is 17.8. The number of aliphatic imine (C=N–C) groups is 1. The molecule has 0 atom stereocenters. The van der Waals surface area contributed by atoms with Gasteiger partial charge in [-0.3, -0.25) is 0 Å². The van der Waals surface area contributed by atoms with Gasteiger partial charge < -0.3 is 9.64 Å². The number of hydrogen-bond donors (Lipinski definition) is 0. The number of anilines is 1. The smallest absolute Gasteiger partial charge is 0.421 e. The van der Waals surface area contributed by atoms with E-state index in [1.165, 1.54) is 12.3 Å². The minimum Gasteiger partial charge on any atom is -0.438 e. The van der Waals surface area contributed by atoms with Gasteiger partial charge in [0, 0.05) is 18.3 Å². The summed E-state index contributed by atoms with van der Waals surface area (Å²) in [6.07, 6.45) is -1.59. The van der Waals surface area contributed by atoms with Gasteiger partial charge in [-0.25, -0.2) is 9.98 Å². The van der Waals surface area contributed by atoms with Gasteiger partial charge in [-0.05, 0) is 63.8 Å². The molecular formula is C26H18F3N3OS. The zero-order valence-corrected chi connectivity index (χ0v) is 18.6. The number of pyridine rings is 1. The average molecular weight is 478 g/mol. The Bertz CT molecular complexity index is 1380. The lowest BCUT2D eigenvalue weighted by Gasteiger charge is -2.27. The van der Waals surface area contributed by atoms with E-state index >= 15 is 0 Å². The number of fused-ring (bicyclic) bond motifs is 1. The van der Waals surface area contributed by atoms with E-state index < -0.39 is 17.6 Å². The predicted octanol–water partition coefficient (Wildman–Crippen LogP) is 7.64. The molecule has 0 unspecified atom stereocenters. The summed E-state index contributed by atoms with van der Waals surface area (Å²) in [5.74, 6) is -0.277. The maximum absolute atomic E-state index is 13.3. The van der Waals surface area contributed by atoms with Crippen LogP contribution in [0.15, 0.2) is 89.2 Å². The van der Waals surface area contributed by atoms with Crippen molar-refractivity contribution in [2.75, 3.05) is 4.90 Å². The summed E-state index contributed by atoms with van der Waals surface area (Å²) in [7, 11) is 0. The number of halogens is 3. The van der Waals surface area contributed by atoms with Crippen molar-refractivity contribution in [2.24, 2.45) is 4.99 Å². The third kappa shape index (κ3) is 4.32. The molecular weight excluding hydrogens is 459 g/mol. The first kappa shape index (κ1) is 21.9. The number of aromatic nitrogens is 1. The second kappa shape index (κ2) is 8.79. The minimum atomic E-state index is -4.57. The first-order valence-electron chi connectivity index (χ1n) is 10.3. The molecule has 34 heavy (non-hydrogen) atoms. The first-order chi connectivity index (χ1) is 16.4. The molecule has 4 nitrogen and oxygen atoms in total. The molecule has 1 aliphatic heterocycles. The molecule has 0 amide bonds. The largest absolute Gasteiger partial charge is 0.438 e. The van der Waals surface area contributed by atoms with Gasteiger partial charge in [0.25, 0.3) is 0 Å². The highest BCUT2D eigenvalue weighted by Gasteiger charge is 2.35. The molecule has 4 aromatic rings. The fraction of sp³-hybridized carbons (Fsp3) is 0.0769. The van der Waals surface area contributed by atoms with Crippen LogP contribution in [0.25, 0.3) is 16.8 Å². The van der Waals surface area contributed by atoms with Crippen LogP contribution in [0.1, 0.15) is 16.7 Å². The molecule has 0 radical (unpaired) electrons. The summed E-state index contributed by atoms with van der Waals surface area (Å²) in [5.41, 5.74) is 4.49. The number of rotatable bonds is 5. The standard InChI is InChI=1S/C26H18F3N3OS/c1-17-22-13-20(33-25-23(26(27,28)29)7-4-11-30-25)8-9-24(22)32(16-31-17)14-18-5-2-3-6-21(18)19-10-12-34-15-19/h2-13,15-16H,1,14H2. The summed E-state index contributed by atoms with van der Waals surface area (Å²) in [6.45, 7) is 4.55. The van der Waals surface area contributed by atoms with E-state index in [0.717, 1.165) is 28.4 Å². The van der Waals surface area contributed by atoms with Crippen molar-refractivity contribution >= 4 is 29.1 Å². The molecule has 0 N–H and O–H groups in total. The van der Waals surface area contributed by atoms with E-state index in [0.29, 0.717) is 17.8 Å². The highest BCUT2D eigenvalue weighted by atomic mass is 32.1. The quantitative estimate of drug-likeness (QED) is 0.296. The van der Waals surface area contributed by atoms with E-state index in [-0.39, 0.29) is 5.75 Å². The van der Waals surface area contributed by atoms with Crippen molar-refractivity contribution < 1.29 is 17.9 Å². The fourth-order valence-corrected chi connectivity index (χ4v) is 4.45. The molecule has 1 aliphatic rings. The van der Waals surface area contributed by atoms with Crippen LogP contribution >= 0.6 is 11.3 Å². The Labute approximate surface area is 198 Å². The van der Waals surface area contributed by atoms with Crippen molar-refractivity contribution in [2.45, 2.75) is 12.7 Å². The van der Waals surface area contributed by atoms with Crippen molar-refractivity contribution in [3.05, 3.63) is 101 Å². The molecule has 3 heterocycles. The number of benzene rings is 2. The molecule has 0 aliphatic carbocycles. The fourth-order valence-electron chi connectivity index (χ4n) is 3.80. The van der Waals surface area contributed by atoms with Crippen LogP contribution in [-0.2, 0) is 12.7 Å². The highest BCUT2D eigenvalue weighted by molar-refractivity contribution is 7.08. The Morgan fingerprint density at radius 2 is 1.85 bits per heavy atom. The summed E-state index contributed by atoms with van der Waals surface area (Å²) in [5, 5.41) is 4.15. The van der Waals surface area contributed by atoms with E-state index in [1.54, 1.807) is 35.9 Å². The Balaban J connectivity index is 1.45. The molecule has 0 fully saturated rings. The van der Waals surface area contributed by atoms with Crippen LogP contribution in [0.5, 0.6) is 11.6 Å². The van der Waals surface area contributed by atoms with Gasteiger partial charge in [0.15, 0.2) is 0 Å². The monoisotopic (exact) mass is 477 g/mol. The van der Waals surface area contributed by atoms with Crippen LogP contribution in [-0.4, -0.2) is 11.3 Å². The number of thiophene rings is 1. The van der Waals surface area contributed by atoms with E-state index in [2.05, 4.69) is 40.1 Å². The van der Waals surface area contributed by atoms with Gasteiger partial charge in [0.05, 0.1) is 17.7 Å². The maximum atomic E-state index is 13.3. The zero-order chi connectivity index (χ0) is 23.7. The Morgan fingerprint density at radius 1 is 1.00 bits per heavy atom. The Morgan fingerprint density at radius 3 is 2.65 bits per heavy atom. The average Bonchev–Trinajstić information content (AvgIpc) is 3.36. The van der Waals surface area contributed by atoms with Gasteiger partial charge in [-0.1, -0.05) is 30.8 Å². The van der Waals surface area contributed by atoms with Crippen molar-refractivity contribution in [1.82, 2.24) is 4.98 Å². The molecule has 170 valence electrons.